The SMILES string of the molecule is CCc1ccc(OCCNCc2cc(OC)c(OC)cc2Cl)cc1. The molecule has 0 aromatic heterocycles. The van der Waals surface area contributed by atoms with Gasteiger partial charge in [0.1, 0.15) is 12.4 Å². The fourth-order valence-electron chi connectivity index (χ4n) is 2.32. The summed E-state index contributed by atoms with van der Waals surface area (Å²) < 4.78 is 16.2. The van der Waals surface area contributed by atoms with E-state index >= 15 is 0 Å². The molecular weight excluding hydrogens is 326 g/mol. The second kappa shape index (κ2) is 9.40. The summed E-state index contributed by atoms with van der Waals surface area (Å²) >= 11 is 6.27. The van der Waals surface area contributed by atoms with Crippen LogP contribution < -0.4 is 19.5 Å². The Morgan fingerprint density at radius 3 is 2.29 bits per heavy atom. The number of halogens is 1. The number of hydrogen-bond donors (Lipinski definition) is 1. The molecular formula is C19H24ClNO3. The van der Waals surface area contributed by atoms with Crippen LogP contribution in [0.4, 0.5) is 0 Å². The van der Waals surface area contributed by atoms with E-state index in [1.807, 2.05) is 18.2 Å². The maximum Gasteiger partial charge on any atom is 0.162 e. The van der Waals surface area contributed by atoms with Crippen molar-refractivity contribution < 1.29 is 14.2 Å². The van der Waals surface area contributed by atoms with Crippen LogP contribution in [0, 0.1) is 0 Å². The summed E-state index contributed by atoms with van der Waals surface area (Å²) in [5.74, 6) is 2.19. The molecule has 0 aliphatic heterocycles. The van der Waals surface area contributed by atoms with Crippen LogP contribution in [-0.4, -0.2) is 27.4 Å². The van der Waals surface area contributed by atoms with Gasteiger partial charge in [0, 0.05) is 24.2 Å². The molecule has 0 atom stereocenters. The first kappa shape index (κ1) is 18.4. The lowest BCUT2D eigenvalue weighted by Gasteiger charge is -2.12. The second-order valence-electron chi connectivity index (χ2n) is 5.32. The van der Waals surface area contributed by atoms with Gasteiger partial charge in [-0.25, -0.2) is 0 Å². The minimum absolute atomic E-state index is 0.594. The summed E-state index contributed by atoms with van der Waals surface area (Å²) in [7, 11) is 3.21. The number of rotatable bonds is 9. The number of hydrogen-bond acceptors (Lipinski definition) is 4. The molecule has 2 aromatic carbocycles. The average molecular weight is 350 g/mol. The van der Waals surface area contributed by atoms with Crippen LogP contribution in [-0.2, 0) is 13.0 Å². The topological polar surface area (TPSA) is 39.7 Å². The zero-order valence-corrected chi connectivity index (χ0v) is 15.2. The monoisotopic (exact) mass is 349 g/mol. The third-order valence-corrected chi connectivity index (χ3v) is 4.10. The van der Waals surface area contributed by atoms with E-state index in [1.54, 1.807) is 20.3 Å². The Bertz CT molecular complexity index is 644. The Morgan fingerprint density at radius 2 is 1.67 bits per heavy atom. The Kier molecular flexibility index (Phi) is 7.22. The van der Waals surface area contributed by atoms with Crippen molar-refractivity contribution in [3.63, 3.8) is 0 Å². The molecule has 0 saturated heterocycles. The highest BCUT2D eigenvalue weighted by Gasteiger charge is 2.09. The Hall–Kier alpha value is -1.91. The Labute approximate surface area is 148 Å². The largest absolute Gasteiger partial charge is 0.493 e. The summed E-state index contributed by atoms with van der Waals surface area (Å²) in [6.07, 6.45) is 1.04. The molecule has 0 radical (unpaired) electrons. The lowest BCUT2D eigenvalue weighted by molar-refractivity contribution is 0.313. The van der Waals surface area contributed by atoms with Crippen LogP contribution in [0.5, 0.6) is 17.2 Å². The summed E-state index contributed by atoms with van der Waals surface area (Å²) in [6.45, 7) is 4.09. The standard InChI is InChI=1S/C19H24ClNO3/c1-4-14-5-7-16(8-6-14)24-10-9-21-13-15-11-18(22-2)19(23-3)12-17(15)20/h5-8,11-12,21H,4,9-10,13H2,1-3H3. The summed E-state index contributed by atoms with van der Waals surface area (Å²) in [4.78, 5) is 0. The summed E-state index contributed by atoms with van der Waals surface area (Å²) in [5, 5.41) is 3.97. The fourth-order valence-corrected chi connectivity index (χ4v) is 2.54. The molecule has 4 nitrogen and oxygen atoms in total. The predicted molar refractivity (Wildman–Crippen MR) is 97.6 cm³/mol. The maximum absolute atomic E-state index is 6.27. The van der Waals surface area contributed by atoms with Gasteiger partial charge in [-0.15, -0.1) is 0 Å². The van der Waals surface area contributed by atoms with Gasteiger partial charge in [0.25, 0.3) is 0 Å². The molecule has 0 aliphatic carbocycles. The smallest absolute Gasteiger partial charge is 0.162 e. The number of aryl methyl sites for hydroxylation is 1. The average Bonchev–Trinajstić information content (AvgIpc) is 2.62. The molecule has 24 heavy (non-hydrogen) atoms. The molecule has 0 heterocycles. The van der Waals surface area contributed by atoms with Crippen LogP contribution in [0.15, 0.2) is 36.4 Å². The molecule has 2 rings (SSSR count). The molecule has 0 unspecified atom stereocenters. The highest BCUT2D eigenvalue weighted by Crippen LogP contribution is 2.32. The number of methoxy groups -OCH3 is 2. The second-order valence-corrected chi connectivity index (χ2v) is 5.73. The molecule has 130 valence electrons. The van der Waals surface area contributed by atoms with E-state index in [9.17, 15) is 0 Å². The van der Waals surface area contributed by atoms with Crippen LogP contribution in [0.2, 0.25) is 5.02 Å². The molecule has 2 aromatic rings. The predicted octanol–water partition coefficient (Wildman–Crippen LogP) is 4.09. The number of ether oxygens (including phenoxy) is 3. The van der Waals surface area contributed by atoms with E-state index in [1.165, 1.54) is 5.56 Å². The van der Waals surface area contributed by atoms with E-state index in [-0.39, 0.29) is 0 Å². The zero-order chi connectivity index (χ0) is 17.4. The van der Waals surface area contributed by atoms with E-state index < -0.39 is 0 Å². The normalized spacial score (nSPS) is 10.5. The highest BCUT2D eigenvalue weighted by atomic mass is 35.5. The third kappa shape index (κ3) is 5.05. The molecule has 1 N–H and O–H groups in total. The molecule has 0 aliphatic rings. The number of nitrogens with one attached hydrogen (secondary N) is 1. The Balaban J connectivity index is 1.79. The van der Waals surface area contributed by atoms with Gasteiger partial charge in [-0.3, -0.25) is 0 Å². The van der Waals surface area contributed by atoms with Crippen molar-refractivity contribution in [1.29, 1.82) is 0 Å². The quantitative estimate of drug-likeness (QED) is 0.692. The van der Waals surface area contributed by atoms with Gasteiger partial charge in [0.15, 0.2) is 11.5 Å². The highest BCUT2D eigenvalue weighted by molar-refractivity contribution is 6.31. The van der Waals surface area contributed by atoms with Crippen molar-refractivity contribution in [2.24, 2.45) is 0 Å². The molecule has 0 bridgehead atoms. The first-order valence-corrected chi connectivity index (χ1v) is 8.38. The van der Waals surface area contributed by atoms with Gasteiger partial charge in [0.05, 0.1) is 14.2 Å². The van der Waals surface area contributed by atoms with Gasteiger partial charge in [-0.2, -0.15) is 0 Å². The molecule has 0 amide bonds. The van der Waals surface area contributed by atoms with Crippen LogP contribution in [0.25, 0.3) is 0 Å². The number of benzene rings is 2. The van der Waals surface area contributed by atoms with E-state index in [2.05, 4.69) is 24.4 Å². The lowest BCUT2D eigenvalue weighted by atomic mass is 10.2. The molecule has 5 heteroatoms. The zero-order valence-electron chi connectivity index (χ0n) is 14.4. The van der Waals surface area contributed by atoms with Crippen molar-refractivity contribution in [1.82, 2.24) is 5.32 Å². The maximum atomic E-state index is 6.27. The Morgan fingerprint density at radius 1 is 1.00 bits per heavy atom. The van der Waals surface area contributed by atoms with Crippen molar-refractivity contribution >= 4 is 11.6 Å². The van der Waals surface area contributed by atoms with Crippen molar-refractivity contribution in [3.05, 3.63) is 52.5 Å². The molecule has 0 fully saturated rings. The van der Waals surface area contributed by atoms with E-state index in [0.717, 1.165) is 24.3 Å². The van der Waals surface area contributed by atoms with Gasteiger partial charge in [0.2, 0.25) is 0 Å². The van der Waals surface area contributed by atoms with E-state index in [0.29, 0.717) is 29.7 Å². The van der Waals surface area contributed by atoms with E-state index in [4.69, 9.17) is 25.8 Å². The lowest BCUT2D eigenvalue weighted by Crippen LogP contribution is -2.20. The van der Waals surface area contributed by atoms with Crippen molar-refractivity contribution in [3.8, 4) is 17.2 Å². The van der Waals surface area contributed by atoms with Gasteiger partial charge in [-0.05, 0) is 35.7 Å². The van der Waals surface area contributed by atoms with Crippen LogP contribution in [0.1, 0.15) is 18.1 Å². The van der Waals surface area contributed by atoms with Crippen LogP contribution in [0.3, 0.4) is 0 Å². The van der Waals surface area contributed by atoms with Crippen LogP contribution >= 0.6 is 11.6 Å². The summed E-state index contributed by atoms with van der Waals surface area (Å²) in [5.41, 5.74) is 2.27. The minimum Gasteiger partial charge on any atom is -0.493 e. The summed E-state index contributed by atoms with van der Waals surface area (Å²) in [6, 6.07) is 11.8. The van der Waals surface area contributed by atoms with Gasteiger partial charge >= 0.3 is 0 Å². The fraction of sp³-hybridized carbons (Fsp3) is 0.368. The minimum atomic E-state index is 0.594. The van der Waals surface area contributed by atoms with Gasteiger partial charge in [-0.1, -0.05) is 30.7 Å². The van der Waals surface area contributed by atoms with Crippen molar-refractivity contribution in [2.75, 3.05) is 27.4 Å². The third-order valence-electron chi connectivity index (χ3n) is 3.75. The molecule has 0 spiro atoms. The first-order valence-electron chi connectivity index (χ1n) is 8.00. The van der Waals surface area contributed by atoms with Gasteiger partial charge < -0.3 is 19.5 Å². The first-order chi connectivity index (χ1) is 11.7. The molecule has 0 saturated carbocycles. The van der Waals surface area contributed by atoms with Crippen molar-refractivity contribution in [2.45, 2.75) is 19.9 Å².